The van der Waals surface area contributed by atoms with Gasteiger partial charge in [0.15, 0.2) is 0 Å². The Bertz CT molecular complexity index is 951. The molecular formula is C33H55O8P. The van der Waals surface area contributed by atoms with Gasteiger partial charge in [-0.1, -0.05) is 120 Å². The molecular weight excluding hydrogens is 555 g/mol. The molecule has 0 amide bonds. The van der Waals surface area contributed by atoms with E-state index in [-0.39, 0.29) is 19.8 Å². The minimum absolute atomic E-state index is 0.00774. The van der Waals surface area contributed by atoms with E-state index in [1.54, 1.807) is 0 Å². The summed E-state index contributed by atoms with van der Waals surface area (Å²) in [6, 6.07) is 14.1. The van der Waals surface area contributed by atoms with Gasteiger partial charge in [0, 0.05) is 5.39 Å². The number of fused-ring (bicyclic) bond motifs is 1. The molecule has 0 aliphatic carbocycles. The Morgan fingerprint density at radius 3 is 1.64 bits per heavy atom. The number of unbranched alkanes of at least 4 members (excludes halogenated alkanes) is 12. The first-order chi connectivity index (χ1) is 20.6. The lowest BCUT2D eigenvalue weighted by molar-refractivity contribution is 0.00283. The Balaban J connectivity index is 1.29. The molecule has 0 saturated carbocycles. The minimum atomic E-state index is -4.03. The summed E-state index contributed by atoms with van der Waals surface area (Å²) in [5, 5.41) is 2.24. The first-order valence-corrected chi connectivity index (χ1v) is 17.6. The quantitative estimate of drug-likeness (QED) is 0.0724. The van der Waals surface area contributed by atoms with E-state index in [4.69, 9.17) is 28.0 Å². The molecule has 8 nitrogen and oxygen atoms in total. The van der Waals surface area contributed by atoms with Gasteiger partial charge >= 0.3 is 7.82 Å². The summed E-state index contributed by atoms with van der Waals surface area (Å²) in [4.78, 5) is 9.79. The second-order valence-electron chi connectivity index (χ2n) is 10.5. The Hall–Kier alpha value is -1.51. The summed E-state index contributed by atoms with van der Waals surface area (Å²) in [6.07, 6.45) is 16.3. The van der Waals surface area contributed by atoms with Gasteiger partial charge < -0.3 is 23.8 Å². The van der Waals surface area contributed by atoms with Gasteiger partial charge in [0.05, 0.1) is 52.9 Å². The van der Waals surface area contributed by atoms with Gasteiger partial charge in [-0.05, 0) is 17.9 Å². The van der Waals surface area contributed by atoms with Crippen molar-refractivity contribution in [3.8, 4) is 5.75 Å². The third kappa shape index (κ3) is 18.9. The fraction of sp³-hybridized carbons (Fsp3) is 0.697. The zero-order valence-corrected chi connectivity index (χ0v) is 26.7. The molecule has 1 atom stereocenters. The van der Waals surface area contributed by atoms with Gasteiger partial charge in [0.2, 0.25) is 0 Å². The normalized spacial score (nSPS) is 13.0. The largest absolute Gasteiger partial charge is 0.491 e. The molecule has 0 aliphatic rings. The molecule has 0 fully saturated rings. The predicted molar refractivity (Wildman–Crippen MR) is 169 cm³/mol. The van der Waals surface area contributed by atoms with E-state index in [0.717, 1.165) is 35.8 Å². The van der Waals surface area contributed by atoms with Gasteiger partial charge in [-0.3, -0.25) is 9.05 Å². The highest BCUT2D eigenvalue weighted by Gasteiger charge is 2.20. The average Bonchev–Trinajstić information content (AvgIpc) is 2.99. The maximum Gasteiger partial charge on any atom is 0.472 e. The fourth-order valence-corrected chi connectivity index (χ4v) is 5.36. The fourth-order valence-electron chi connectivity index (χ4n) is 4.62. The molecule has 2 rings (SSSR count). The van der Waals surface area contributed by atoms with Crippen LogP contribution < -0.4 is 4.74 Å². The van der Waals surface area contributed by atoms with Gasteiger partial charge in [-0.25, -0.2) is 4.57 Å². The van der Waals surface area contributed by atoms with E-state index in [9.17, 15) is 9.46 Å². The topological polar surface area (TPSA) is 92.7 Å². The van der Waals surface area contributed by atoms with Crippen LogP contribution in [0.4, 0.5) is 0 Å². The van der Waals surface area contributed by atoms with Crippen molar-refractivity contribution in [1.29, 1.82) is 0 Å². The van der Waals surface area contributed by atoms with Crippen molar-refractivity contribution < 1.29 is 37.5 Å². The van der Waals surface area contributed by atoms with Crippen LogP contribution in [0.2, 0.25) is 0 Å². The van der Waals surface area contributed by atoms with Crippen molar-refractivity contribution in [2.45, 2.75) is 90.4 Å². The van der Waals surface area contributed by atoms with Crippen LogP contribution >= 0.6 is 7.82 Å². The molecule has 0 radical (unpaired) electrons. The lowest BCUT2D eigenvalue weighted by atomic mass is 10.0. The van der Waals surface area contributed by atoms with Crippen molar-refractivity contribution in [3.63, 3.8) is 0 Å². The van der Waals surface area contributed by atoms with Crippen LogP contribution in [0.15, 0.2) is 42.5 Å². The molecule has 2 aromatic carbocycles. The Morgan fingerprint density at radius 2 is 1.02 bits per heavy atom. The monoisotopic (exact) mass is 610 g/mol. The number of hydrogen-bond donors (Lipinski definition) is 1. The van der Waals surface area contributed by atoms with E-state index in [1.807, 2.05) is 30.3 Å². The van der Waals surface area contributed by atoms with Crippen molar-refractivity contribution >= 4 is 18.6 Å². The molecule has 1 N–H and O–H groups in total. The minimum Gasteiger partial charge on any atom is -0.491 e. The molecule has 1 unspecified atom stereocenters. The number of phosphoric acid groups is 1. The van der Waals surface area contributed by atoms with Crippen LogP contribution in [0.5, 0.6) is 5.75 Å². The third-order valence-corrected chi connectivity index (χ3v) is 7.98. The lowest BCUT2D eigenvalue weighted by Gasteiger charge is -2.12. The molecule has 0 aliphatic heterocycles. The SMILES string of the molecule is CCCCCCCCCCCCCCCOP(=O)(O)OCCOCCOCCOCCOc1cccc2ccccc12. The lowest BCUT2D eigenvalue weighted by Crippen LogP contribution is -2.13. The van der Waals surface area contributed by atoms with Gasteiger partial charge in [0.1, 0.15) is 12.4 Å². The van der Waals surface area contributed by atoms with E-state index in [0.29, 0.717) is 39.6 Å². The molecule has 0 saturated heterocycles. The van der Waals surface area contributed by atoms with Crippen molar-refractivity contribution in [2.24, 2.45) is 0 Å². The molecule has 240 valence electrons. The van der Waals surface area contributed by atoms with E-state index >= 15 is 0 Å². The molecule has 0 aromatic heterocycles. The summed E-state index contributed by atoms with van der Waals surface area (Å²) in [5.41, 5.74) is 0. The summed E-state index contributed by atoms with van der Waals surface area (Å²) < 4.78 is 44.3. The van der Waals surface area contributed by atoms with E-state index in [1.165, 1.54) is 64.2 Å². The summed E-state index contributed by atoms with van der Waals surface area (Å²) in [5.74, 6) is 0.855. The van der Waals surface area contributed by atoms with Gasteiger partial charge in [-0.15, -0.1) is 0 Å². The summed E-state index contributed by atoms with van der Waals surface area (Å²) in [6.45, 7) is 5.30. The second-order valence-corrected chi connectivity index (χ2v) is 12.0. The zero-order valence-electron chi connectivity index (χ0n) is 25.8. The van der Waals surface area contributed by atoms with Gasteiger partial charge in [0.25, 0.3) is 0 Å². The Kier molecular flexibility index (Phi) is 21.7. The second kappa shape index (κ2) is 24.9. The van der Waals surface area contributed by atoms with Crippen LogP contribution in [-0.4, -0.2) is 64.4 Å². The first kappa shape index (κ1) is 36.7. The highest BCUT2D eigenvalue weighted by atomic mass is 31.2. The van der Waals surface area contributed by atoms with Crippen LogP contribution in [0.3, 0.4) is 0 Å². The third-order valence-electron chi connectivity index (χ3n) is 6.96. The maximum absolute atomic E-state index is 12.0. The highest BCUT2D eigenvalue weighted by molar-refractivity contribution is 7.47. The maximum atomic E-state index is 12.0. The smallest absolute Gasteiger partial charge is 0.472 e. The van der Waals surface area contributed by atoms with E-state index in [2.05, 4.69) is 19.1 Å². The molecule has 9 heteroatoms. The summed E-state index contributed by atoms with van der Waals surface area (Å²) >= 11 is 0. The Labute approximate surface area is 254 Å². The molecule has 2 aromatic rings. The summed E-state index contributed by atoms with van der Waals surface area (Å²) in [7, 11) is -4.03. The number of ether oxygens (including phenoxy) is 4. The van der Waals surface area contributed by atoms with Gasteiger partial charge in [-0.2, -0.15) is 0 Å². The predicted octanol–water partition coefficient (Wildman–Crippen LogP) is 8.49. The van der Waals surface area contributed by atoms with Crippen molar-refractivity contribution in [3.05, 3.63) is 42.5 Å². The average molecular weight is 611 g/mol. The number of benzene rings is 2. The van der Waals surface area contributed by atoms with Crippen LogP contribution in [0, 0.1) is 0 Å². The highest BCUT2D eigenvalue weighted by Crippen LogP contribution is 2.43. The van der Waals surface area contributed by atoms with Crippen LogP contribution in [0.1, 0.15) is 90.4 Å². The number of hydrogen-bond acceptors (Lipinski definition) is 7. The molecule has 42 heavy (non-hydrogen) atoms. The molecule has 0 bridgehead atoms. The molecule has 0 heterocycles. The van der Waals surface area contributed by atoms with Crippen LogP contribution in [-0.2, 0) is 27.8 Å². The van der Waals surface area contributed by atoms with Crippen LogP contribution in [0.25, 0.3) is 10.8 Å². The number of rotatable bonds is 29. The molecule has 0 spiro atoms. The Morgan fingerprint density at radius 1 is 0.548 bits per heavy atom. The first-order valence-electron chi connectivity index (χ1n) is 16.1. The standard InChI is InChI=1S/C33H55O8P/c1-2-3-4-5-6-7-8-9-10-11-12-13-16-22-40-42(34,35)41-30-28-38-26-24-36-23-25-37-27-29-39-33-21-17-19-31-18-14-15-20-32(31)33/h14-15,17-21H,2-13,16,22-30H2,1H3,(H,34,35). The van der Waals surface area contributed by atoms with Crippen molar-refractivity contribution in [2.75, 3.05) is 59.5 Å². The van der Waals surface area contributed by atoms with Crippen molar-refractivity contribution in [1.82, 2.24) is 0 Å². The zero-order chi connectivity index (χ0) is 30.0. The number of phosphoric ester groups is 1. The van der Waals surface area contributed by atoms with E-state index < -0.39 is 7.82 Å².